The van der Waals surface area contributed by atoms with Gasteiger partial charge in [-0.1, -0.05) is 6.08 Å². The van der Waals surface area contributed by atoms with Crippen molar-refractivity contribution >= 4 is 18.5 Å². The molecule has 0 bridgehead atoms. The molecule has 7 heteroatoms. The lowest BCUT2D eigenvalue weighted by molar-refractivity contribution is -0.132. The van der Waals surface area contributed by atoms with Crippen LogP contribution in [0.1, 0.15) is 30.0 Å². The van der Waals surface area contributed by atoms with Gasteiger partial charge in [0.2, 0.25) is 0 Å². The van der Waals surface area contributed by atoms with E-state index in [-0.39, 0.29) is 12.1 Å². The molecule has 0 aliphatic carbocycles. The number of hydrogen-bond donors (Lipinski definition) is 2. The molecule has 4 rings (SSSR count). The van der Waals surface area contributed by atoms with E-state index in [1.54, 1.807) is 20.4 Å². The maximum atomic E-state index is 11.4. The first-order valence-corrected chi connectivity index (χ1v) is 8.35. The summed E-state index contributed by atoms with van der Waals surface area (Å²) >= 11 is 0. The van der Waals surface area contributed by atoms with Gasteiger partial charge in [0.05, 0.1) is 31.9 Å². The van der Waals surface area contributed by atoms with E-state index in [1.807, 2.05) is 25.0 Å². The molecule has 2 unspecified atom stereocenters. The van der Waals surface area contributed by atoms with E-state index < -0.39 is 5.97 Å². The van der Waals surface area contributed by atoms with E-state index in [1.165, 1.54) is 5.56 Å². The van der Waals surface area contributed by atoms with Gasteiger partial charge in [-0.15, -0.1) is 0 Å². The van der Waals surface area contributed by atoms with Crippen molar-refractivity contribution in [2.45, 2.75) is 24.9 Å². The minimum atomic E-state index is -0.856. The van der Waals surface area contributed by atoms with Gasteiger partial charge in [-0.3, -0.25) is 0 Å². The fourth-order valence-corrected chi connectivity index (χ4v) is 3.95. The van der Waals surface area contributed by atoms with Crippen molar-refractivity contribution in [3.8, 4) is 11.5 Å². The third-order valence-electron chi connectivity index (χ3n) is 5.08. The summed E-state index contributed by atoms with van der Waals surface area (Å²) in [7, 11) is 3.26. The molecule has 0 amide bonds. The molecule has 3 aliphatic rings. The number of carboxylic acid groups (broad SMARTS) is 1. The summed E-state index contributed by atoms with van der Waals surface area (Å²) in [5, 5.41) is 12.9. The van der Waals surface area contributed by atoms with Crippen molar-refractivity contribution in [1.29, 1.82) is 0 Å². The van der Waals surface area contributed by atoms with E-state index in [0.29, 0.717) is 17.7 Å². The molecule has 1 saturated heterocycles. The van der Waals surface area contributed by atoms with Gasteiger partial charge < -0.3 is 29.6 Å². The molecular weight excluding hydrogens is 336 g/mol. The third-order valence-corrected chi connectivity index (χ3v) is 5.08. The maximum absolute atomic E-state index is 11.4. The first-order valence-electron chi connectivity index (χ1n) is 8.35. The summed E-state index contributed by atoms with van der Waals surface area (Å²) in [5.74, 6) is 0.544. The van der Waals surface area contributed by atoms with Gasteiger partial charge in [-0.2, -0.15) is 0 Å². The SMILES string of the molecule is C=O.COc1cc2c(cc1OC)C1NCCC1N1C=C(C(=O)O)CC=C21. The molecular formula is C19H22N2O5. The quantitative estimate of drug-likeness (QED) is 0.854. The summed E-state index contributed by atoms with van der Waals surface area (Å²) in [6, 6.07) is 4.40. The van der Waals surface area contributed by atoms with Crippen molar-refractivity contribution in [1.82, 2.24) is 10.2 Å². The van der Waals surface area contributed by atoms with Crippen LogP contribution < -0.4 is 14.8 Å². The van der Waals surface area contributed by atoms with Crippen LogP contribution in [0.25, 0.3) is 5.70 Å². The predicted octanol–water partition coefficient (Wildman–Crippen LogP) is 1.95. The van der Waals surface area contributed by atoms with Gasteiger partial charge in [0.25, 0.3) is 0 Å². The Hall–Kier alpha value is -2.80. The number of nitrogens with one attached hydrogen (secondary N) is 1. The van der Waals surface area contributed by atoms with Crippen LogP contribution in [0.5, 0.6) is 11.5 Å². The van der Waals surface area contributed by atoms with Gasteiger partial charge in [0, 0.05) is 23.9 Å². The minimum Gasteiger partial charge on any atom is -0.493 e. The number of ether oxygens (including phenoxy) is 2. The minimum absolute atomic E-state index is 0.154. The van der Waals surface area contributed by atoms with Crippen molar-refractivity contribution in [2.75, 3.05) is 20.8 Å². The summed E-state index contributed by atoms with van der Waals surface area (Å²) < 4.78 is 10.9. The van der Waals surface area contributed by atoms with E-state index >= 15 is 0 Å². The monoisotopic (exact) mass is 358 g/mol. The molecule has 1 aromatic rings. The van der Waals surface area contributed by atoms with Crippen LogP contribution in [0, 0.1) is 0 Å². The highest BCUT2D eigenvalue weighted by Crippen LogP contribution is 2.47. The van der Waals surface area contributed by atoms with Crippen LogP contribution in [-0.2, 0) is 9.59 Å². The lowest BCUT2D eigenvalue weighted by atomic mass is 9.85. The molecule has 3 heterocycles. The number of carbonyl (C=O) groups is 2. The van der Waals surface area contributed by atoms with Crippen LogP contribution >= 0.6 is 0 Å². The summed E-state index contributed by atoms with van der Waals surface area (Å²) in [6.45, 7) is 2.91. The predicted molar refractivity (Wildman–Crippen MR) is 96.0 cm³/mol. The first kappa shape index (κ1) is 18.0. The average molecular weight is 358 g/mol. The molecule has 2 N–H and O–H groups in total. The fourth-order valence-electron chi connectivity index (χ4n) is 3.95. The van der Waals surface area contributed by atoms with Crippen molar-refractivity contribution in [2.24, 2.45) is 0 Å². The van der Waals surface area contributed by atoms with Gasteiger partial charge >= 0.3 is 5.97 Å². The molecule has 1 fully saturated rings. The van der Waals surface area contributed by atoms with Crippen LogP contribution in [0.4, 0.5) is 0 Å². The summed E-state index contributed by atoms with van der Waals surface area (Å²) in [4.78, 5) is 21.5. The molecule has 1 aromatic carbocycles. The number of allylic oxidation sites excluding steroid dienone is 1. The van der Waals surface area contributed by atoms with Gasteiger partial charge in [-0.05, 0) is 30.7 Å². The zero-order chi connectivity index (χ0) is 18.8. The molecule has 0 spiro atoms. The highest BCUT2D eigenvalue weighted by atomic mass is 16.5. The molecule has 0 saturated carbocycles. The van der Waals surface area contributed by atoms with Crippen molar-refractivity contribution in [3.63, 3.8) is 0 Å². The number of nitrogens with zero attached hydrogens (tertiary/aromatic N) is 1. The van der Waals surface area contributed by atoms with Crippen LogP contribution in [-0.4, -0.2) is 49.6 Å². The average Bonchev–Trinajstić information content (AvgIpc) is 3.18. The Kier molecular flexibility index (Phi) is 4.99. The molecule has 0 radical (unpaired) electrons. The van der Waals surface area contributed by atoms with Crippen molar-refractivity contribution in [3.05, 3.63) is 41.1 Å². The zero-order valence-electron chi connectivity index (χ0n) is 14.8. The molecule has 138 valence electrons. The number of benzene rings is 1. The zero-order valence-corrected chi connectivity index (χ0v) is 14.8. The number of hydrogen-bond acceptors (Lipinski definition) is 6. The second kappa shape index (κ2) is 7.21. The number of fused-ring (bicyclic) bond motifs is 6. The van der Waals surface area contributed by atoms with Crippen LogP contribution in [0.2, 0.25) is 0 Å². The van der Waals surface area contributed by atoms with Crippen molar-refractivity contribution < 1.29 is 24.2 Å². The Labute approximate surface area is 151 Å². The number of carbonyl (C=O) groups excluding carboxylic acids is 1. The third kappa shape index (κ3) is 2.74. The number of rotatable bonds is 3. The first-order chi connectivity index (χ1) is 12.6. The van der Waals surface area contributed by atoms with E-state index in [0.717, 1.165) is 30.0 Å². The number of methoxy groups -OCH3 is 2. The van der Waals surface area contributed by atoms with Crippen LogP contribution in [0.3, 0.4) is 0 Å². The fraction of sp³-hybridized carbons (Fsp3) is 0.368. The second-order valence-electron chi connectivity index (χ2n) is 6.24. The van der Waals surface area contributed by atoms with E-state index in [2.05, 4.69) is 10.2 Å². The maximum Gasteiger partial charge on any atom is 0.333 e. The topological polar surface area (TPSA) is 88.1 Å². The summed E-state index contributed by atoms with van der Waals surface area (Å²) in [6.07, 6.45) is 5.20. The Bertz CT molecular complexity index is 786. The second-order valence-corrected chi connectivity index (χ2v) is 6.24. The Balaban J connectivity index is 0.000000948. The van der Waals surface area contributed by atoms with Crippen LogP contribution in [0.15, 0.2) is 30.0 Å². The van der Waals surface area contributed by atoms with E-state index in [9.17, 15) is 9.90 Å². The highest BCUT2D eigenvalue weighted by Gasteiger charge is 2.41. The Morgan fingerprint density at radius 2 is 1.96 bits per heavy atom. The smallest absolute Gasteiger partial charge is 0.333 e. The molecule has 26 heavy (non-hydrogen) atoms. The van der Waals surface area contributed by atoms with Gasteiger partial charge in [0.15, 0.2) is 11.5 Å². The lowest BCUT2D eigenvalue weighted by Crippen LogP contribution is -2.40. The van der Waals surface area contributed by atoms with Gasteiger partial charge in [0.1, 0.15) is 6.79 Å². The molecule has 0 aromatic heterocycles. The van der Waals surface area contributed by atoms with E-state index in [4.69, 9.17) is 14.3 Å². The highest BCUT2D eigenvalue weighted by molar-refractivity contribution is 5.89. The molecule has 2 atom stereocenters. The standard InChI is InChI=1S/C18H20N2O4.CH2O/c1-23-15-7-11-12(8-16(15)24-2)17-14(5-6-19-17)20-9-10(18(21)22)3-4-13(11)20;1-2/h4,7-9,14,17,19H,3,5-6H2,1-2H3,(H,21,22);1H2. The number of carboxylic acids is 1. The summed E-state index contributed by atoms with van der Waals surface area (Å²) in [5.41, 5.74) is 3.74. The Morgan fingerprint density at radius 1 is 1.27 bits per heavy atom. The normalized spacial score (nSPS) is 22.6. The van der Waals surface area contributed by atoms with Gasteiger partial charge in [-0.25, -0.2) is 4.79 Å². The largest absolute Gasteiger partial charge is 0.493 e. The lowest BCUT2D eigenvalue weighted by Gasteiger charge is -2.42. The Morgan fingerprint density at radius 3 is 2.62 bits per heavy atom. The molecule has 7 nitrogen and oxygen atoms in total. The molecule has 3 aliphatic heterocycles. The number of aliphatic carboxylic acids is 1.